The van der Waals surface area contributed by atoms with Crippen molar-refractivity contribution in [2.24, 2.45) is 5.73 Å². The van der Waals surface area contributed by atoms with Crippen LogP contribution >= 0.6 is 11.3 Å². The fraction of sp³-hybridized carbons (Fsp3) is 0.0833. The van der Waals surface area contributed by atoms with Gasteiger partial charge in [-0.25, -0.2) is 14.7 Å². The van der Waals surface area contributed by atoms with Crippen LogP contribution in [0.25, 0.3) is 0 Å². The van der Waals surface area contributed by atoms with Crippen LogP contribution in [-0.4, -0.2) is 11.0 Å². The number of hydrogen-bond acceptors (Lipinski definition) is 3. The number of aromatic nitrogens is 1. The summed E-state index contributed by atoms with van der Waals surface area (Å²) in [5.74, 6) is 0. The molecule has 1 heterocycles. The second kappa shape index (κ2) is 4.97. The summed E-state index contributed by atoms with van der Waals surface area (Å²) in [4.78, 5) is 16.9. The minimum absolute atomic E-state index is 0.540. The quantitative estimate of drug-likeness (QED) is 0.905. The molecule has 4 nitrogen and oxygen atoms in total. The SMILES string of the molecule is [CH2]Cc1ccc(N(C(N)=O)c2nccs2)cc1. The van der Waals surface area contributed by atoms with Gasteiger partial charge >= 0.3 is 6.03 Å². The molecule has 0 saturated heterocycles. The number of rotatable bonds is 3. The Morgan fingerprint density at radius 1 is 1.41 bits per heavy atom. The van der Waals surface area contributed by atoms with Crippen molar-refractivity contribution in [3.8, 4) is 0 Å². The number of carbonyl (C=O) groups excluding carboxylic acids is 1. The lowest BCUT2D eigenvalue weighted by Gasteiger charge is -2.17. The summed E-state index contributed by atoms with van der Waals surface area (Å²) in [6, 6.07) is 6.99. The molecule has 1 radical (unpaired) electrons. The van der Waals surface area contributed by atoms with E-state index in [1.807, 2.05) is 24.3 Å². The Morgan fingerprint density at radius 3 is 2.59 bits per heavy atom. The number of benzene rings is 1. The van der Waals surface area contributed by atoms with E-state index in [0.717, 1.165) is 5.56 Å². The fourth-order valence-corrected chi connectivity index (χ4v) is 2.14. The minimum Gasteiger partial charge on any atom is -0.351 e. The smallest absolute Gasteiger partial charge is 0.325 e. The van der Waals surface area contributed by atoms with E-state index in [2.05, 4.69) is 11.9 Å². The van der Waals surface area contributed by atoms with E-state index in [1.165, 1.54) is 16.2 Å². The van der Waals surface area contributed by atoms with Crippen molar-refractivity contribution >= 4 is 28.2 Å². The molecule has 0 saturated carbocycles. The van der Waals surface area contributed by atoms with Gasteiger partial charge in [-0.1, -0.05) is 12.1 Å². The summed E-state index contributed by atoms with van der Waals surface area (Å²) >= 11 is 1.37. The highest BCUT2D eigenvalue weighted by atomic mass is 32.1. The van der Waals surface area contributed by atoms with Gasteiger partial charge in [0.05, 0.1) is 5.69 Å². The first-order valence-corrected chi connectivity index (χ1v) is 5.97. The normalized spacial score (nSPS) is 10.2. The van der Waals surface area contributed by atoms with Crippen molar-refractivity contribution < 1.29 is 4.79 Å². The second-order valence-electron chi connectivity index (χ2n) is 3.40. The Hall–Kier alpha value is -1.88. The van der Waals surface area contributed by atoms with Crippen LogP contribution in [0.5, 0.6) is 0 Å². The van der Waals surface area contributed by atoms with Gasteiger partial charge in [-0.3, -0.25) is 0 Å². The zero-order valence-electron chi connectivity index (χ0n) is 9.17. The molecule has 0 atom stereocenters. The number of urea groups is 1. The maximum absolute atomic E-state index is 11.5. The summed E-state index contributed by atoms with van der Waals surface area (Å²) in [5, 5.41) is 2.37. The molecule has 87 valence electrons. The lowest BCUT2D eigenvalue weighted by atomic mass is 10.1. The first kappa shape index (κ1) is 11.6. The standard InChI is InChI=1S/C12H12N3OS/c1-2-9-3-5-10(6-4-9)15(11(13)16)12-14-7-8-17-12/h3-8H,1-2H2,(H2,13,16). The van der Waals surface area contributed by atoms with Gasteiger partial charge < -0.3 is 5.73 Å². The third kappa shape index (κ3) is 2.45. The number of hydrogen-bond donors (Lipinski definition) is 1. The van der Waals surface area contributed by atoms with E-state index >= 15 is 0 Å². The predicted molar refractivity (Wildman–Crippen MR) is 69.3 cm³/mol. The van der Waals surface area contributed by atoms with Gasteiger partial charge in [-0.15, -0.1) is 11.3 Å². The molecule has 17 heavy (non-hydrogen) atoms. The first-order chi connectivity index (χ1) is 8.22. The van der Waals surface area contributed by atoms with Crippen molar-refractivity contribution in [2.45, 2.75) is 6.42 Å². The number of thiazole rings is 1. The van der Waals surface area contributed by atoms with Crippen molar-refractivity contribution in [3.63, 3.8) is 0 Å². The highest BCUT2D eigenvalue weighted by Crippen LogP contribution is 2.27. The van der Waals surface area contributed by atoms with Crippen molar-refractivity contribution in [3.05, 3.63) is 48.3 Å². The predicted octanol–water partition coefficient (Wildman–Crippen LogP) is 2.74. The summed E-state index contributed by atoms with van der Waals surface area (Å²) in [6.07, 6.45) is 2.36. The Morgan fingerprint density at radius 2 is 2.12 bits per heavy atom. The molecule has 2 rings (SSSR count). The molecule has 2 N–H and O–H groups in total. The molecule has 1 aromatic carbocycles. The maximum Gasteiger partial charge on any atom is 0.325 e. The highest BCUT2D eigenvalue weighted by molar-refractivity contribution is 7.13. The van der Waals surface area contributed by atoms with Crippen LogP contribution in [0.3, 0.4) is 0 Å². The monoisotopic (exact) mass is 246 g/mol. The van der Waals surface area contributed by atoms with Gasteiger partial charge in [0.25, 0.3) is 0 Å². The molecule has 0 aliphatic carbocycles. The largest absolute Gasteiger partial charge is 0.351 e. The summed E-state index contributed by atoms with van der Waals surface area (Å²) in [6.45, 7) is 3.80. The van der Waals surface area contributed by atoms with E-state index in [1.54, 1.807) is 11.6 Å². The number of primary amides is 1. The van der Waals surface area contributed by atoms with Gasteiger partial charge in [0.2, 0.25) is 0 Å². The van der Waals surface area contributed by atoms with Gasteiger partial charge in [0.1, 0.15) is 0 Å². The number of nitrogens with two attached hydrogens (primary N) is 1. The summed E-state index contributed by atoms with van der Waals surface area (Å²) in [7, 11) is 0. The zero-order chi connectivity index (χ0) is 12.3. The molecular weight excluding hydrogens is 234 g/mol. The first-order valence-electron chi connectivity index (χ1n) is 5.09. The number of anilines is 2. The molecule has 2 aromatic rings. The molecule has 1 aromatic heterocycles. The lowest BCUT2D eigenvalue weighted by molar-refractivity contribution is 0.256. The van der Waals surface area contributed by atoms with Crippen molar-refractivity contribution in [2.75, 3.05) is 4.90 Å². The van der Waals surface area contributed by atoms with Crippen LogP contribution in [0.4, 0.5) is 15.6 Å². The summed E-state index contributed by atoms with van der Waals surface area (Å²) < 4.78 is 0. The van der Waals surface area contributed by atoms with Crippen molar-refractivity contribution in [1.29, 1.82) is 0 Å². The zero-order valence-corrected chi connectivity index (χ0v) is 9.98. The average molecular weight is 246 g/mol. The third-order valence-electron chi connectivity index (χ3n) is 2.31. The van der Waals surface area contributed by atoms with Gasteiger partial charge in [-0.05, 0) is 31.0 Å². The van der Waals surface area contributed by atoms with E-state index in [0.29, 0.717) is 17.2 Å². The Bertz CT molecular complexity index is 493. The Kier molecular flexibility index (Phi) is 3.39. The number of nitrogens with zero attached hydrogens (tertiary/aromatic N) is 2. The molecule has 0 aliphatic heterocycles. The molecule has 0 bridgehead atoms. The molecule has 0 unspecified atom stereocenters. The van der Waals surface area contributed by atoms with E-state index in [9.17, 15) is 4.79 Å². The van der Waals surface area contributed by atoms with Crippen LogP contribution < -0.4 is 10.6 Å². The number of amides is 2. The van der Waals surface area contributed by atoms with Gasteiger partial charge in [0.15, 0.2) is 5.13 Å². The minimum atomic E-state index is -0.540. The van der Waals surface area contributed by atoms with Crippen LogP contribution in [0.2, 0.25) is 0 Å². The van der Waals surface area contributed by atoms with Crippen LogP contribution in [0.15, 0.2) is 35.8 Å². The topological polar surface area (TPSA) is 59.2 Å². The molecule has 0 spiro atoms. The Labute approximate surface area is 104 Å². The van der Waals surface area contributed by atoms with E-state index in [-0.39, 0.29) is 0 Å². The molecule has 0 aliphatic rings. The molecule has 0 fully saturated rings. The van der Waals surface area contributed by atoms with Gasteiger partial charge in [0, 0.05) is 11.6 Å². The fourth-order valence-electron chi connectivity index (χ4n) is 1.47. The van der Waals surface area contributed by atoms with Crippen LogP contribution in [-0.2, 0) is 6.42 Å². The average Bonchev–Trinajstić information content (AvgIpc) is 2.83. The van der Waals surface area contributed by atoms with Crippen LogP contribution in [0.1, 0.15) is 5.56 Å². The van der Waals surface area contributed by atoms with Crippen molar-refractivity contribution in [1.82, 2.24) is 4.98 Å². The van der Waals surface area contributed by atoms with E-state index < -0.39 is 6.03 Å². The summed E-state index contributed by atoms with van der Waals surface area (Å²) in [5.41, 5.74) is 7.19. The second-order valence-corrected chi connectivity index (χ2v) is 4.28. The third-order valence-corrected chi connectivity index (χ3v) is 3.07. The molecular formula is C12H12N3OS. The van der Waals surface area contributed by atoms with E-state index in [4.69, 9.17) is 5.73 Å². The highest BCUT2D eigenvalue weighted by Gasteiger charge is 2.16. The molecule has 5 heteroatoms. The Balaban J connectivity index is 2.36. The number of carbonyl (C=O) groups is 1. The molecule has 2 amide bonds. The van der Waals surface area contributed by atoms with Gasteiger partial charge in [-0.2, -0.15) is 0 Å². The lowest BCUT2D eigenvalue weighted by Crippen LogP contribution is -2.31. The van der Waals surface area contributed by atoms with Crippen LogP contribution in [0, 0.1) is 6.92 Å². The maximum atomic E-state index is 11.5.